The molecule has 134 valence electrons. The van der Waals surface area contributed by atoms with Gasteiger partial charge in [0, 0.05) is 24.4 Å². The number of halogens is 1. The lowest BCUT2D eigenvalue weighted by Crippen LogP contribution is -2.20. The van der Waals surface area contributed by atoms with Crippen molar-refractivity contribution >= 4 is 35.2 Å². The Balaban J connectivity index is 1.79. The number of hydrogen-bond donors (Lipinski definition) is 2. The first kappa shape index (κ1) is 18.9. The molecule has 2 aromatic carbocycles. The maximum absolute atomic E-state index is 13.0. The molecule has 0 aliphatic rings. The van der Waals surface area contributed by atoms with E-state index in [1.54, 1.807) is 30.3 Å². The maximum Gasteiger partial charge on any atom is 0.331 e. The second kappa shape index (κ2) is 9.12. The van der Waals surface area contributed by atoms with Crippen molar-refractivity contribution in [3.8, 4) is 0 Å². The summed E-state index contributed by atoms with van der Waals surface area (Å²) < 4.78 is 17.8. The Morgan fingerprint density at radius 1 is 1.04 bits per heavy atom. The molecule has 0 radical (unpaired) electrons. The number of rotatable bonds is 6. The van der Waals surface area contributed by atoms with Crippen LogP contribution < -0.4 is 10.6 Å². The van der Waals surface area contributed by atoms with Gasteiger partial charge in [0.1, 0.15) is 5.82 Å². The number of carbonyl (C=O) groups is 3. The number of anilines is 2. The van der Waals surface area contributed by atoms with Crippen LogP contribution in [0.25, 0.3) is 6.08 Å². The lowest BCUT2D eigenvalue weighted by molar-refractivity contribution is -0.142. The summed E-state index contributed by atoms with van der Waals surface area (Å²) in [6, 6.07) is 12.2. The van der Waals surface area contributed by atoms with E-state index >= 15 is 0 Å². The second-order valence-corrected chi connectivity index (χ2v) is 5.30. The molecule has 2 rings (SSSR count). The molecule has 0 atom stereocenters. The molecule has 0 aliphatic carbocycles. The molecule has 6 nitrogen and oxygen atoms in total. The Hall–Kier alpha value is -3.48. The fourth-order valence-corrected chi connectivity index (χ4v) is 2.00. The van der Waals surface area contributed by atoms with Crippen molar-refractivity contribution in [1.29, 1.82) is 0 Å². The molecule has 2 amide bonds. The van der Waals surface area contributed by atoms with Gasteiger partial charge in [0.15, 0.2) is 6.61 Å². The first-order chi connectivity index (χ1) is 12.4. The van der Waals surface area contributed by atoms with E-state index in [2.05, 4.69) is 10.6 Å². The number of esters is 1. The van der Waals surface area contributed by atoms with Gasteiger partial charge in [-0.2, -0.15) is 0 Å². The van der Waals surface area contributed by atoms with Crippen molar-refractivity contribution in [3.63, 3.8) is 0 Å². The first-order valence-corrected chi connectivity index (χ1v) is 7.70. The van der Waals surface area contributed by atoms with Crippen molar-refractivity contribution in [2.24, 2.45) is 0 Å². The van der Waals surface area contributed by atoms with E-state index in [1.165, 1.54) is 31.2 Å². The predicted octanol–water partition coefficient (Wildman–Crippen LogP) is 2.98. The standard InChI is InChI=1S/C19H17FN2O4/c1-13(23)21-16-6-8-17(9-7-16)22-18(24)12-26-19(25)10-5-14-3-2-4-15(20)11-14/h2-11H,12H2,1H3,(H,21,23)(H,22,24). The number of ether oxygens (including phenoxy) is 1. The van der Waals surface area contributed by atoms with Gasteiger partial charge in [0.2, 0.25) is 5.91 Å². The number of nitrogens with one attached hydrogen (secondary N) is 2. The number of benzene rings is 2. The van der Waals surface area contributed by atoms with Crippen molar-refractivity contribution in [2.75, 3.05) is 17.2 Å². The molecule has 2 N–H and O–H groups in total. The van der Waals surface area contributed by atoms with E-state index < -0.39 is 24.3 Å². The van der Waals surface area contributed by atoms with E-state index in [1.807, 2.05) is 0 Å². The van der Waals surface area contributed by atoms with Crippen LogP contribution in [0.4, 0.5) is 15.8 Å². The summed E-state index contributed by atoms with van der Waals surface area (Å²) in [4.78, 5) is 34.3. The third kappa shape index (κ3) is 6.56. The molecule has 0 aromatic heterocycles. The molecule has 7 heteroatoms. The molecule has 0 bridgehead atoms. The van der Waals surface area contributed by atoms with Gasteiger partial charge in [-0.15, -0.1) is 0 Å². The van der Waals surface area contributed by atoms with E-state index in [0.717, 1.165) is 6.08 Å². The summed E-state index contributed by atoms with van der Waals surface area (Å²) in [5.74, 6) is -1.83. The quantitative estimate of drug-likeness (QED) is 0.616. The molecule has 0 heterocycles. The lowest BCUT2D eigenvalue weighted by Gasteiger charge is -2.07. The van der Waals surface area contributed by atoms with Crippen LogP contribution in [0.1, 0.15) is 12.5 Å². The highest BCUT2D eigenvalue weighted by molar-refractivity contribution is 5.95. The summed E-state index contributed by atoms with van der Waals surface area (Å²) in [5, 5.41) is 5.16. The van der Waals surface area contributed by atoms with Gasteiger partial charge in [-0.1, -0.05) is 12.1 Å². The second-order valence-electron chi connectivity index (χ2n) is 5.30. The van der Waals surface area contributed by atoms with Crippen molar-refractivity contribution in [2.45, 2.75) is 6.92 Å². The number of amides is 2. The monoisotopic (exact) mass is 356 g/mol. The van der Waals surface area contributed by atoms with Crippen LogP contribution in [0.2, 0.25) is 0 Å². The Morgan fingerprint density at radius 3 is 2.31 bits per heavy atom. The third-order valence-electron chi connectivity index (χ3n) is 3.10. The minimum Gasteiger partial charge on any atom is -0.452 e. The highest BCUT2D eigenvalue weighted by Gasteiger charge is 2.06. The van der Waals surface area contributed by atoms with Crippen LogP contribution in [0.15, 0.2) is 54.6 Å². The minimum atomic E-state index is -0.717. The molecular weight excluding hydrogens is 339 g/mol. The molecular formula is C19H17FN2O4. The smallest absolute Gasteiger partial charge is 0.331 e. The SMILES string of the molecule is CC(=O)Nc1ccc(NC(=O)COC(=O)C=Cc2cccc(F)c2)cc1. The lowest BCUT2D eigenvalue weighted by atomic mass is 10.2. The Bertz CT molecular complexity index is 832. The predicted molar refractivity (Wildman–Crippen MR) is 95.8 cm³/mol. The van der Waals surface area contributed by atoms with Crippen LogP contribution in [-0.4, -0.2) is 24.4 Å². The van der Waals surface area contributed by atoms with Crippen LogP contribution in [0, 0.1) is 5.82 Å². The molecule has 0 saturated carbocycles. The largest absolute Gasteiger partial charge is 0.452 e. The van der Waals surface area contributed by atoms with E-state index in [4.69, 9.17) is 4.74 Å². The van der Waals surface area contributed by atoms with E-state index in [9.17, 15) is 18.8 Å². The van der Waals surface area contributed by atoms with Crippen molar-refractivity contribution in [1.82, 2.24) is 0 Å². The minimum absolute atomic E-state index is 0.194. The van der Waals surface area contributed by atoms with E-state index in [0.29, 0.717) is 16.9 Å². The molecule has 0 unspecified atom stereocenters. The molecule has 2 aromatic rings. The molecule has 0 saturated heterocycles. The van der Waals surface area contributed by atoms with Crippen molar-refractivity contribution < 1.29 is 23.5 Å². The summed E-state index contributed by atoms with van der Waals surface area (Å²) in [7, 11) is 0. The highest BCUT2D eigenvalue weighted by Crippen LogP contribution is 2.13. The molecule has 26 heavy (non-hydrogen) atoms. The van der Waals surface area contributed by atoms with Crippen LogP contribution in [0.3, 0.4) is 0 Å². The molecule has 0 aliphatic heterocycles. The summed E-state index contributed by atoms with van der Waals surface area (Å²) in [5.41, 5.74) is 1.60. The highest BCUT2D eigenvalue weighted by atomic mass is 19.1. The van der Waals surface area contributed by atoms with Gasteiger partial charge in [0.05, 0.1) is 0 Å². The Morgan fingerprint density at radius 2 is 1.69 bits per heavy atom. The van der Waals surface area contributed by atoms with Crippen LogP contribution >= 0.6 is 0 Å². The van der Waals surface area contributed by atoms with Gasteiger partial charge in [-0.05, 0) is 48.0 Å². The fraction of sp³-hybridized carbons (Fsp3) is 0.105. The Kier molecular flexibility index (Phi) is 6.61. The van der Waals surface area contributed by atoms with E-state index in [-0.39, 0.29) is 5.91 Å². The zero-order valence-corrected chi connectivity index (χ0v) is 14.0. The fourth-order valence-electron chi connectivity index (χ4n) is 2.00. The number of carbonyl (C=O) groups excluding carboxylic acids is 3. The summed E-state index contributed by atoms with van der Waals surface area (Å²) in [6.07, 6.45) is 2.51. The van der Waals surface area contributed by atoms with Gasteiger partial charge in [-0.3, -0.25) is 9.59 Å². The Labute approximate surface area is 149 Å². The maximum atomic E-state index is 13.0. The average molecular weight is 356 g/mol. The zero-order valence-electron chi connectivity index (χ0n) is 14.0. The summed E-state index contributed by atoms with van der Waals surface area (Å²) >= 11 is 0. The molecule has 0 spiro atoms. The van der Waals surface area contributed by atoms with Gasteiger partial charge >= 0.3 is 5.97 Å². The van der Waals surface area contributed by atoms with Gasteiger partial charge < -0.3 is 15.4 Å². The molecule has 0 fully saturated rings. The van der Waals surface area contributed by atoms with Gasteiger partial charge in [-0.25, -0.2) is 9.18 Å². The van der Waals surface area contributed by atoms with Gasteiger partial charge in [0.25, 0.3) is 5.91 Å². The third-order valence-corrected chi connectivity index (χ3v) is 3.10. The summed E-state index contributed by atoms with van der Waals surface area (Å²) in [6.45, 7) is 0.937. The average Bonchev–Trinajstić information content (AvgIpc) is 2.59. The first-order valence-electron chi connectivity index (χ1n) is 7.70. The topological polar surface area (TPSA) is 84.5 Å². The zero-order chi connectivity index (χ0) is 18.9. The van der Waals surface area contributed by atoms with Crippen molar-refractivity contribution in [3.05, 3.63) is 66.0 Å². The van der Waals surface area contributed by atoms with Crippen LogP contribution in [0.5, 0.6) is 0 Å². The number of hydrogen-bond acceptors (Lipinski definition) is 4. The van der Waals surface area contributed by atoms with Crippen LogP contribution in [-0.2, 0) is 19.1 Å². The normalized spacial score (nSPS) is 10.4.